The van der Waals surface area contributed by atoms with Gasteiger partial charge in [0.2, 0.25) is 0 Å². The summed E-state index contributed by atoms with van der Waals surface area (Å²) in [6.07, 6.45) is 7.99. The summed E-state index contributed by atoms with van der Waals surface area (Å²) in [5, 5.41) is 4.92. The summed E-state index contributed by atoms with van der Waals surface area (Å²) in [7, 11) is 0. The molecule has 0 aliphatic heterocycles. The third-order valence-electron chi connectivity index (χ3n) is 4.10. The molecule has 0 unspecified atom stereocenters. The molecule has 0 spiro atoms. The van der Waals surface area contributed by atoms with Crippen molar-refractivity contribution in [3.8, 4) is 0 Å². The smallest absolute Gasteiger partial charge is 0.104 e. The van der Waals surface area contributed by atoms with Crippen molar-refractivity contribution in [1.82, 2.24) is 0 Å². The Kier molecular flexibility index (Phi) is 3.42. The SMILES string of the molecule is C[C]1C=C=C(N=Cc2c3ccccc3cc3ccccc23)C=C1. The highest BCUT2D eigenvalue weighted by atomic mass is 14.7. The predicted molar refractivity (Wildman–Crippen MR) is 98.7 cm³/mol. The van der Waals surface area contributed by atoms with Crippen LogP contribution in [0.1, 0.15) is 12.5 Å². The lowest BCUT2D eigenvalue weighted by Crippen LogP contribution is -1.90. The van der Waals surface area contributed by atoms with Crippen molar-refractivity contribution >= 4 is 27.8 Å². The van der Waals surface area contributed by atoms with Crippen molar-refractivity contribution in [1.29, 1.82) is 0 Å². The van der Waals surface area contributed by atoms with Gasteiger partial charge >= 0.3 is 0 Å². The quantitative estimate of drug-likeness (QED) is 0.331. The first-order chi connectivity index (χ1) is 11.3. The number of rotatable bonds is 2. The van der Waals surface area contributed by atoms with E-state index in [1.54, 1.807) is 0 Å². The van der Waals surface area contributed by atoms with Gasteiger partial charge in [0.15, 0.2) is 0 Å². The fourth-order valence-electron chi connectivity index (χ4n) is 2.90. The van der Waals surface area contributed by atoms with Crippen LogP contribution in [0.2, 0.25) is 0 Å². The van der Waals surface area contributed by atoms with E-state index in [4.69, 9.17) is 0 Å². The molecule has 3 aromatic rings. The summed E-state index contributed by atoms with van der Waals surface area (Å²) in [6, 6.07) is 19.1. The standard InChI is InChI=1S/C22H16N/c1-16-10-12-19(13-11-16)23-15-22-20-8-4-2-6-17(20)14-18-7-3-5-9-21(18)22/h2-12,14-15H,1H3. The van der Waals surface area contributed by atoms with Gasteiger partial charge in [0, 0.05) is 17.7 Å². The van der Waals surface area contributed by atoms with Gasteiger partial charge in [-0.1, -0.05) is 67.3 Å². The van der Waals surface area contributed by atoms with Crippen molar-refractivity contribution in [3.05, 3.63) is 95.7 Å². The van der Waals surface area contributed by atoms with E-state index in [9.17, 15) is 0 Å². The summed E-state index contributed by atoms with van der Waals surface area (Å²) in [5.74, 6) is 1.19. The molecule has 1 aliphatic rings. The van der Waals surface area contributed by atoms with E-state index in [1.807, 2.05) is 18.4 Å². The fourth-order valence-corrected chi connectivity index (χ4v) is 2.90. The molecule has 0 N–H and O–H groups in total. The maximum Gasteiger partial charge on any atom is 0.104 e. The molecule has 0 saturated heterocycles. The van der Waals surface area contributed by atoms with E-state index in [-0.39, 0.29) is 0 Å². The Labute approximate surface area is 136 Å². The van der Waals surface area contributed by atoms with Gasteiger partial charge in [-0.2, -0.15) is 0 Å². The molecule has 4 rings (SSSR count). The van der Waals surface area contributed by atoms with Gasteiger partial charge in [-0.15, -0.1) is 0 Å². The normalized spacial score (nSPS) is 14.9. The number of benzene rings is 3. The number of hydrogen-bond acceptors (Lipinski definition) is 1. The Hall–Kier alpha value is -2.89. The summed E-state index contributed by atoms with van der Waals surface area (Å²) < 4.78 is 0. The molecule has 0 bridgehead atoms. The highest BCUT2D eigenvalue weighted by molar-refractivity contribution is 6.13. The molecular formula is C22H16N. The lowest BCUT2D eigenvalue weighted by molar-refractivity contribution is 1.28. The van der Waals surface area contributed by atoms with E-state index >= 15 is 0 Å². The lowest BCUT2D eigenvalue weighted by Gasteiger charge is -2.08. The van der Waals surface area contributed by atoms with Gasteiger partial charge in [-0.3, -0.25) is 0 Å². The van der Waals surface area contributed by atoms with Crippen LogP contribution in [-0.4, -0.2) is 6.21 Å². The minimum atomic E-state index is 0.854. The summed E-state index contributed by atoms with van der Waals surface area (Å²) in [4.78, 5) is 4.64. The highest BCUT2D eigenvalue weighted by Crippen LogP contribution is 2.27. The molecule has 0 aromatic heterocycles. The number of allylic oxidation sites excluding steroid dienone is 2. The van der Waals surface area contributed by atoms with Crippen LogP contribution in [-0.2, 0) is 0 Å². The van der Waals surface area contributed by atoms with Crippen LogP contribution in [0.25, 0.3) is 21.5 Å². The molecule has 0 fully saturated rings. The van der Waals surface area contributed by atoms with Gasteiger partial charge in [-0.25, -0.2) is 4.99 Å². The molecule has 1 nitrogen and oxygen atoms in total. The van der Waals surface area contributed by atoms with Gasteiger partial charge in [0.25, 0.3) is 0 Å². The largest absolute Gasteiger partial charge is 0.248 e. The van der Waals surface area contributed by atoms with E-state index in [1.165, 1.54) is 27.5 Å². The zero-order valence-corrected chi connectivity index (χ0v) is 13.0. The molecule has 109 valence electrons. The third kappa shape index (κ3) is 2.63. The Bertz CT molecular complexity index is 961. The number of aliphatic imine (C=N–C) groups is 1. The second-order valence-corrected chi connectivity index (χ2v) is 5.74. The molecule has 23 heavy (non-hydrogen) atoms. The Morgan fingerprint density at radius 1 is 0.870 bits per heavy atom. The number of hydrogen-bond donors (Lipinski definition) is 0. The minimum absolute atomic E-state index is 0.854. The van der Waals surface area contributed by atoms with Crippen LogP contribution in [0.5, 0.6) is 0 Å². The van der Waals surface area contributed by atoms with E-state index < -0.39 is 0 Å². The first-order valence-corrected chi connectivity index (χ1v) is 7.74. The Morgan fingerprint density at radius 2 is 1.52 bits per heavy atom. The average molecular weight is 294 g/mol. The van der Waals surface area contributed by atoms with Gasteiger partial charge in [-0.05, 0) is 39.8 Å². The monoisotopic (exact) mass is 294 g/mol. The maximum atomic E-state index is 4.64. The van der Waals surface area contributed by atoms with Crippen molar-refractivity contribution in [3.63, 3.8) is 0 Å². The summed E-state index contributed by atoms with van der Waals surface area (Å²) in [6.45, 7) is 2.06. The van der Waals surface area contributed by atoms with Crippen LogP contribution < -0.4 is 0 Å². The lowest BCUT2D eigenvalue weighted by atomic mass is 9.97. The Morgan fingerprint density at radius 3 is 2.13 bits per heavy atom. The van der Waals surface area contributed by atoms with Crippen LogP contribution in [0.3, 0.4) is 0 Å². The maximum absolute atomic E-state index is 4.64. The second kappa shape index (κ2) is 5.72. The molecule has 1 aliphatic carbocycles. The van der Waals surface area contributed by atoms with Crippen LogP contribution in [0.4, 0.5) is 0 Å². The molecule has 1 radical (unpaired) electrons. The molecule has 0 heterocycles. The van der Waals surface area contributed by atoms with Crippen molar-refractivity contribution in [2.75, 3.05) is 0 Å². The molecule has 0 atom stereocenters. The predicted octanol–water partition coefficient (Wildman–Crippen LogP) is 5.62. The number of nitrogens with zero attached hydrogens (tertiary/aromatic N) is 1. The van der Waals surface area contributed by atoms with E-state index in [0.29, 0.717) is 0 Å². The molecule has 1 heteroatoms. The summed E-state index contributed by atoms with van der Waals surface area (Å²) in [5.41, 5.74) is 5.22. The van der Waals surface area contributed by atoms with Crippen molar-refractivity contribution in [2.45, 2.75) is 6.92 Å². The van der Waals surface area contributed by atoms with E-state index in [0.717, 1.165) is 11.3 Å². The zero-order chi connectivity index (χ0) is 15.6. The van der Waals surface area contributed by atoms with Crippen LogP contribution >= 0.6 is 0 Å². The highest BCUT2D eigenvalue weighted by Gasteiger charge is 2.05. The van der Waals surface area contributed by atoms with Gasteiger partial charge in [0.1, 0.15) is 5.70 Å². The summed E-state index contributed by atoms with van der Waals surface area (Å²) >= 11 is 0. The second-order valence-electron chi connectivity index (χ2n) is 5.74. The minimum Gasteiger partial charge on any atom is -0.248 e. The molecule has 0 amide bonds. The fraction of sp³-hybridized carbons (Fsp3) is 0.0455. The topological polar surface area (TPSA) is 12.4 Å². The molecule has 0 saturated carbocycles. The first kappa shape index (κ1) is 13.8. The van der Waals surface area contributed by atoms with Gasteiger partial charge in [0.05, 0.1) is 0 Å². The average Bonchev–Trinajstić information content (AvgIpc) is 2.60. The van der Waals surface area contributed by atoms with Gasteiger partial charge < -0.3 is 0 Å². The van der Waals surface area contributed by atoms with Crippen molar-refractivity contribution in [2.24, 2.45) is 4.99 Å². The first-order valence-electron chi connectivity index (χ1n) is 7.74. The Balaban J connectivity index is 1.93. The molecule has 3 aromatic carbocycles. The third-order valence-corrected chi connectivity index (χ3v) is 4.10. The zero-order valence-electron chi connectivity index (χ0n) is 13.0. The molecular weight excluding hydrogens is 278 g/mol. The van der Waals surface area contributed by atoms with Crippen molar-refractivity contribution < 1.29 is 0 Å². The van der Waals surface area contributed by atoms with Crippen LogP contribution in [0, 0.1) is 5.92 Å². The number of fused-ring (bicyclic) bond motifs is 2. The van der Waals surface area contributed by atoms with E-state index in [2.05, 4.69) is 78.3 Å². The van der Waals surface area contributed by atoms with Crippen LogP contribution in [0.15, 0.2) is 89.2 Å².